The average Bonchev–Trinajstić information content (AvgIpc) is 2.76. The van der Waals surface area contributed by atoms with E-state index < -0.39 is 33.5 Å². The predicted molar refractivity (Wildman–Crippen MR) is 111 cm³/mol. The van der Waals surface area contributed by atoms with Crippen LogP contribution in [0, 0.1) is 11.6 Å². The molecular weight excluding hydrogens is 428 g/mol. The van der Waals surface area contributed by atoms with Crippen molar-refractivity contribution in [3.63, 3.8) is 0 Å². The Kier molecular flexibility index (Phi) is 7.34. The lowest BCUT2D eigenvalue weighted by Gasteiger charge is -2.34. The van der Waals surface area contributed by atoms with E-state index in [2.05, 4.69) is 10.6 Å². The van der Waals surface area contributed by atoms with Crippen molar-refractivity contribution >= 4 is 27.5 Å². The van der Waals surface area contributed by atoms with Crippen LogP contribution < -0.4 is 10.6 Å². The average molecular weight is 451 g/mol. The molecule has 1 aliphatic rings. The molecule has 7 nitrogen and oxygen atoms in total. The largest absolute Gasteiger partial charge is 0.348 e. The molecule has 1 atom stereocenters. The van der Waals surface area contributed by atoms with E-state index in [1.165, 1.54) is 4.31 Å². The first-order valence-corrected chi connectivity index (χ1v) is 11.3. The van der Waals surface area contributed by atoms with Crippen molar-refractivity contribution in [1.82, 2.24) is 9.62 Å². The third-order valence-corrected chi connectivity index (χ3v) is 7.04. The van der Waals surface area contributed by atoms with Crippen LogP contribution in [0.1, 0.15) is 25.7 Å². The highest BCUT2D eigenvalue weighted by molar-refractivity contribution is 7.89. The van der Waals surface area contributed by atoms with Gasteiger partial charge in [-0.15, -0.1) is 0 Å². The molecule has 3 rings (SSSR count). The molecule has 166 valence electrons. The normalized spacial score (nSPS) is 17.2. The summed E-state index contributed by atoms with van der Waals surface area (Å²) in [6, 6.07) is 10.4. The van der Waals surface area contributed by atoms with Crippen LogP contribution in [-0.2, 0) is 19.6 Å². The van der Waals surface area contributed by atoms with E-state index in [9.17, 15) is 26.8 Å². The predicted octanol–water partition coefficient (Wildman–Crippen LogP) is 2.65. The Balaban J connectivity index is 1.56. The van der Waals surface area contributed by atoms with Gasteiger partial charge < -0.3 is 10.6 Å². The molecule has 0 bridgehead atoms. The van der Waals surface area contributed by atoms with Crippen molar-refractivity contribution in [2.24, 2.45) is 0 Å². The zero-order valence-electron chi connectivity index (χ0n) is 16.7. The number of piperidine rings is 1. The Morgan fingerprint density at radius 1 is 1.03 bits per heavy atom. The van der Waals surface area contributed by atoms with Gasteiger partial charge in [-0.05, 0) is 43.5 Å². The second-order valence-electron chi connectivity index (χ2n) is 7.20. The summed E-state index contributed by atoms with van der Waals surface area (Å²) in [6.45, 7) is 0.462. The molecular formula is C21H23F2N3O4S. The lowest BCUT2D eigenvalue weighted by molar-refractivity contribution is -0.136. The van der Waals surface area contributed by atoms with Crippen molar-refractivity contribution < 1.29 is 26.8 Å². The van der Waals surface area contributed by atoms with Crippen LogP contribution in [0.25, 0.3) is 0 Å². The molecule has 0 radical (unpaired) electrons. The summed E-state index contributed by atoms with van der Waals surface area (Å²) >= 11 is 0. The van der Waals surface area contributed by atoms with E-state index in [0.717, 1.165) is 25.0 Å². The number of rotatable bonds is 6. The van der Waals surface area contributed by atoms with Gasteiger partial charge in [-0.3, -0.25) is 9.59 Å². The number of amides is 2. The maximum absolute atomic E-state index is 13.6. The second-order valence-corrected chi connectivity index (χ2v) is 9.09. The lowest BCUT2D eigenvalue weighted by atomic mass is 10.0. The van der Waals surface area contributed by atoms with Crippen molar-refractivity contribution in [2.75, 3.05) is 18.4 Å². The number of anilines is 1. The third kappa shape index (κ3) is 5.65. The van der Waals surface area contributed by atoms with Crippen LogP contribution in [0.3, 0.4) is 0 Å². The molecule has 1 aliphatic heterocycles. The molecule has 10 heteroatoms. The van der Waals surface area contributed by atoms with Crippen molar-refractivity contribution in [1.29, 1.82) is 0 Å². The molecule has 2 N–H and O–H groups in total. The first kappa shape index (κ1) is 22.8. The molecule has 2 aromatic carbocycles. The van der Waals surface area contributed by atoms with E-state index in [-0.39, 0.29) is 23.2 Å². The summed E-state index contributed by atoms with van der Waals surface area (Å²) in [7, 11) is -3.66. The van der Waals surface area contributed by atoms with Crippen molar-refractivity contribution in [2.45, 2.75) is 36.6 Å². The summed E-state index contributed by atoms with van der Waals surface area (Å²) in [4.78, 5) is 24.2. The van der Waals surface area contributed by atoms with Gasteiger partial charge in [0.2, 0.25) is 10.0 Å². The topological polar surface area (TPSA) is 95.6 Å². The number of carbonyl (C=O) groups excluding carboxylic acids is 2. The maximum Gasteiger partial charge on any atom is 0.313 e. The fourth-order valence-electron chi connectivity index (χ4n) is 3.51. The number of nitrogens with one attached hydrogen (secondary N) is 2. The summed E-state index contributed by atoms with van der Waals surface area (Å²) in [5.41, 5.74) is -0.311. The van der Waals surface area contributed by atoms with Gasteiger partial charge in [0.05, 0.1) is 10.6 Å². The summed E-state index contributed by atoms with van der Waals surface area (Å²) < 4.78 is 53.9. The highest BCUT2D eigenvalue weighted by Gasteiger charge is 2.33. The number of hydrogen-bond donors (Lipinski definition) is 2. The Morgan fingerprint density at radius 3 is 2.48 bits per heavy atom. The van der Waals surface area contributed by atoms with E-state index in [0.29, 0.717) is 25.5 Å². The summed E-state index contributed by atoms with van der Waals surface area (Å²) in [6.07, 6.45) is 2.59. The van der Waals surface area contributed by atoms with Crippen LogP contribution in [0.4, 0.5) is 14.5 Å². The molecule has 0 aliphatic carbocycles. The number of nitrogens with zero attached hydrogens (tertiary/aromatic N) is 1. The van der Waals surface area contributed by atoms with Gasteiger partial charge in [-0.1, -0.05) is 24.6 Å². The Hall–Kier alpha value is -2.85. The van der Waals surface area contributed by atoms with Crippen LogP contribution in [0.2, 0.25) is 0 Å². The fraction of sp³-hybridized carbons (Fsp3) is 0.333. The Bertz CT molecular complexity index is 1050. The first-order valence-electron chi connectivity index (χ1n) is 9.90. The van der Waals surface area contributed by atoms with Gasteiger partial charge in [-0.25, -0.2) is 17.2 Å². The van der Waals surface area contributed by atoms with Crippen LogP contribution in [0.15, 0.2) is 53.4 Å². The molecule has 1 fully saturated rings. The molecule has 1 saturated heterocycles. The molecule has 1 heterocycles. The third-order valence-electron chi connectivity index (χ3n) is 5.07. The molecule has 2 amide bonds. The maximum atomic E-state index is 13.6. The molecule has 0 unspecified atom stereocenters. The lowest BCUT2D eigenvalue weighted by Crippen LogP contribution is -2.45. The van der Waals surface area contributed by atoms with Crippen LogP contribution in [-0.4, -0.2) is 43.7 Å². The van der Waals surface area contributed by atoms with E-state index in [1.807, 2.05) is 0 Å². The number of carbonyl (C=O) groups is 2. The molecule has 2 aromatic rings. The number of hydrogen-bond acceptors (Lipinski definition) is 4. The number of halogens is 2. The SMILES string of the molecule is O=C(NCC[C@H]1CCCCN1S(=O)(=O)c1ccccc1)C(=O)Nc1ccc(F)cc1F. The van der Waals surface area contributed by atoms with Crippen LogP contribution in [0.5, 0.6) is 0 Å². The second kappa shape index (κ2) is 9.97. The van der Waals surface area contributed by atoms with E-state index in [4.69, 9.17) is 0 Å². The number of benzene rings is 2. The quantitative estimate of drug-likeness (QED) is 0.660. The minimum atomic E-state index is -3.66. The van der Waals surface area contributed by atoms with Gasteiger partial charge in [0, 0.05) is 25.2 Å². The summed E-state index contributed by atoms with van der Waals surface area (Å²) in [5, 5.41) is 4.50. The highest BCUT2D eigenvalue weighted by atomic mass is 32.2. The standard InChI is InChI=1S/C21H23F2N3O4S/c22-15-9-10-19(18(23)14-15)25-21(28)20(27)24-12-11-16-6-4-5-13-26(16)31(29,30)17-7-2-1-3-8-17/h1-3,7-10,14,16H,4-6,11-13H2,(H,24,27)(H,25,28)/t16-/m1/s1. The summed E-state index contributed by atoms with van der Waals surface area (Å²) in [5.74, 6) is -3.88. The first-order chi connectivity index (χ1) is 14.8. The molecule has 0 spiro atoms. The minimum absolute atomic E-state index is 0.0730. The molecule has 0 aromatic heterocycles. The monoisotopic (exact) mass is 451 g/mol. The van der Waals surface area contributed by atoms with Gasteiger partial charge in [0.15, 0.2) is 0 Å². The zero-order valence-corrected chi connectivity index (χ0v) is 17.5. The Labute approximate surface area is 179 Å². The van der Waals surface area contributed by atoms with Gasteiger partial charge in [0.1, 0.15) is 11.6 Å². The minimum Gasteiger partial charge on any atom is -0.348 e. The van der Waals surface area contributed by atoms with Crippen LogP contribution >= 0.6 is 0 Å². The van der Waals surface area contributed by atoms with Gasteiger partial charge in [-0.2, -0.15) is 4.31 Å². The van der Waals surface area contributed by atoms with Crippen molar-refractivity contribution in [3.05, 3.63) is 60.2 Å². The van der Waals surface area contributed by atoms with Crippen molar-refractivity contribution in [3.8, 4) is 0 Å². The Morgan fingerprint density at radius 2 is 1.77 bits per heavy atom. The van der Waals surface area contributed by atoms with Gasteiger partial charge in [0.25, 0.3) is 0 Å². The fourth-order valence-corrected chi connectivity index (χ4v) is 5.25. The van der Waals surface area contributed by atoms with Gasteiger partial charge >= 0.3 is 11.8 Å². The number of sulfonamides is 1. The molecule has 31 heavy (non-hydrogen) atoms. The van der Waals surface area contributed by atoms with E-state index in [1.54, 1.807) is 30.3 Å². The molecule has 0 saturated carbocycles. The zero-order chi connectivity index (χ0) is 22.4. The smallest absolute Gasteiger partial charge is 0.313 e. The van der Waals surface area contributed by atoms with E-state index >= 15 is 0 Å². The highest BCUT2D eigenvalue weighted by Crippen LogP contribution is 2.26.